The van der Waals surface area contributed by atoms with Crippen LogP contribution >= 0.6 is 0 Å². The van der Waals surface area contributed by atoms with Gasteiger partial charge in [-0.1, -0.05) is 11.2 Å². The number of aromatic nitrogens is 1. The number of hydrogen-bond donors (Lipinski definition) is 1. The van der Waals surface area contributed by atoms with E-state index >= 15 is 0 Å². The van der Waals surface area contributed by atoms with Crippen LogP contribution in [0.5, 0.6) is 5.75 Å². The molecule has 1 N–H and O–H groups in total. The van der Waals surface area contributed by atoms with Crippen LogP contribution in [0.2, 0.25) is 0 Å². The minimum Gasteiger partial charge on any atom is -0.488 e. The first kappa shape index (κ1) is 16.4. The summed E-state index contributed by atoms with van der Waals surface area (Å²) in [6.45, 7) is 2.68. The summed E-state index contributed by atoms with van der Waals surface area (Å²) < 4.78 is 29.6. The van der Waals surface area contributed by atoms with Gasteiger partial charge in [-0.15, -0.1) is 0 Å². The molecule has 1 aromatic heterocycles. The summed E-state index contributed by atoms with van der Waals surface area (Å²) >= 11 is 0. The van der Waals surface area contributed by atoms with Gasteiger partial charge < -0.3 is 19.3 Å². The van der Waals surface area contributed by atoms with Crippen LogP contribution in [0.25, 0.3) is 0 Å². The van der Waals surface area contributed by atoms with Gasteiger partial charge in [0.25, 0.3) is 0 Å². The van der Waals surface area contributed by atoms with Gasteiger partial charge in [-0.2, -0.15) is 0 Å². The molecule has 1 aromatic carbocycles. The molecule has 1 aliphatic rings. The quantitative estimate of drug-likeness (QED) is 0.905. The molecular weight excluding hydrogens is 315 g/mol. The number of carbonyl (C=O) groups is 1. The van der Waals surface area contributed by atoms with Crippen molar-refractivity contribution in [2.75, 3.05) is 13.2 Å². The predicted octanol–water partition coefficient (Wildman–Crippen LogP) is 2.02. The molecule has 128 valence electrons. The molecule has 3 rings (SSSR count). The Morgan fingerprint density at radius 2 is 2.33 bits per heavy atom. The molecule has 1 saturated heterocycles. The number of aryl methyl sites for hydroxylation is 1. The summed E-state index contributed by atoms with van der Waals surface area (Å²) in [6.07, 6.45) is 0.438. The second kappa shape index (κ2) is 7.44. The zero-order chi connectivity index (χ0) is 16.9. The Morgan fingerprint density at radius 3 is 3.08 bits per heavy atom. The van der Waals surface area contributed by atoms with Crippen LogP contribution in [0, 0.1) is 12.7 Å². The van der Waals surface area contributed by atoms with Crippen molar-refractivity contribution in [1.82, 2.24) is 10.5 Å². The van der Waals surface area contributed by atoms with Crippen molar-refractivity contribution in [3.8, 4) is 5.75 Å². The number of hydrogen-bond acceptors (Lipinski definition) is 5. The Balaban J connectivity index is 1.60. The SMILES string of the molecule is Cc1cc(CC(=O)N[C@@H]2COCC[C@@H]2Oc2cccc(F)c2)on1. The van der Waals surface area contributed by atoms with Crippen molar-refractivity contribution in [2.45, 2.75) is 31.9 Å². The summed E-state index contributed by atoms with van der Waals surface area (Å²) in [5.74, 6) is 0.381. The molecule has 0 bridgehead atoms. The van der Waals surface area contributed by atoms with Gasteiger partial charge in [-0.25, -0.2) is 4.39 Å². The number of nitrogens with one attached hydrogen (secondary N) is 1. The Morgan fingerprint density at radius 1 is 1.46 bits per heavy atom. The first-order chi connectivity index (χ1) is 11.6. The van der Waals surface area contributed by atoms with Gasteiger partial charge in [-0.05, 0) is 19.1 Å². The van der Waals surface area contributed by atoms with E-state index in [0.717, 1.165) is 5.69 Å². The van der Waals surface area contributed by atoms with Gasteiger partial charge in [0, 0.05) is 18.6 Å². The van der Waals surface area contributed by atoms with Crippen LogP contribution in [-0.2, 0) is 16.0 Å². The zero-order valence-electron chi connectivity index (χ0n) is 13.3. The lowest BCUT2D eigenvalue weighted by atomic mass is 10.1. The molecule has 0 aliphatic carbocycles. The fourth-order valence-electron chi connectivity index (χ4n) is 2.62. The van der Waals surface area contributed by atoms with Crippen molar-refractivity contribution in [3.05, 3.63) is 47.6 Å². The molecule has 24 heavy (non-hydrogen) atoms. The Bertz CT molecular complexity index is 703. The van der Waals surface area contributed by atoms with Gasteiger partial charge in [0.2, 0.25) is 5.91 Å². The molecule has 1 amide bonds. The number of nitrogens with zero attached hydrogens (tertiary/aromatic N) is 1. The van der Waals surface area contributed by atoms with E-state index in [0.29, 0.717) is 31.1 Å². The van der Waals surface area contributed by atoms with E-state index in [-0.39, 0.29) is 30.3 Å². The molecule has 2 heterocycles. The van der Waals surface area contributed by atoms with Gasteiger partial charge in [0.05, 0.1) is 31.4 Å². The molecule has 0 radical (unpaired) electrons. The lowest BCUT2D eigenvalue weighted by molar-refractivity contribution is -0.123. The summed E-state index contributed by atoms with van der Waals surface area (Å²) in [5.41, 5.74) is 0.728. The number of carbonyl (C=O) groups excluding carboxylic acids is 1. The second-order valence-electron chi connectivity index (χ2n) is 5.76. The Hall–Kier alpha value is -2.41. The molecule has 2 aromatic rings. The number of halogens is 1. The number of ether oxygens (including phenoxy) is 2. The van der Waals surface area contributed by atoms with E-state index in [9.17, 15) is 9.18 Å². The van der Waals surface area contributed by atoms with E-state index in [1.165, 1.54) is 12.1 Å². The summed E-state index contributed by atoms with van der Waals surface area (Å²) in [4.78, 5) is 12.2. The summed E-state index contributed by atoms with van der Waals surface area (Å²) in [5, 5.41) is 6.65. The largest absolute Gasteiger partial charge is 0.488 e. The molecule has 2 atom stereocenters. The smallest absolute Gasteiger partial charge is 0.228 e. The molecule has 7 heteroatoms. The second-order valence-corrected chi connectivity index (χ2v) is 5.76. The zero-order valence-corrected chi connectivity index (χ0v) is 13.3. The highest BCUT2D eigenvalue weighted by Gasteiger charge is 2.29. The minimum absolute atomic E-state index is 0.101. The van der Waals surface area contributed by atoms with Crippen molar-refractivity contribution >= 4 is 5.91 Å². The van der Waals surface area contributed by atoms with Crippen molar-refractivity contribution in [3.63, 3.8) is 0 Å². The van der Waals surface area contributed by atoms with Crippen LogP contribution in [-0.4, -0.2) is 36.4 Å². The first-order valence-electron chi connectivity index (χ1n) is 7.81. The normalized spacial score (nSPS) is 20.6. The fraction of sp³-hybridized carbons (Fsp3) is 0.412. The van der Waals surface area contributed by atoms with E-state index < -0.39 is 0 Å². The highest BCUT2D eigenvalue weighted by molar-refractivity contribution is 5.78. The molecule has 0 unspecified atom stereocenters. The van der Waals surface area contributed by atoms with E-state index in [1.54, 1.807) is 25.1 Å². The van der Waals surface area contributed by atoms with Crippen LogP contribution in [0.4, 0.5) is 4.39 Å². The predicted molar refractivity (Wildman–Crippen MR) is 83.1 cm³/mol. The molecule has 6 nitrogen and oxygen atoms in total. The van der Waals surface area contributed by atoms with Gasteiger partial charge in [0.15, 0.2) is 0 Å². The number of rotatable bonds is 5. The third kappa shape index (κ3) is 4.32. The number of benzene rings is 1. The lowest BCUT2D eigenvalue weighted by Gasteiger charge is -2.32. The fourth-order valence-corrected chi connectivity index (χ4v) is 2.62. The number of amides is 1. The standard InChI is InChI=1S/C17H19FN2O4/c1-11-7-14(24-20-11)9-17(21)19-15-10-22-6-5-16(15)23-13-4-2-3-12(18)8-13/h2-4,7-8,15-16H,5-6,9-10H2,1H3,(H,19,21)/t15-,16+/m1/s1. The van der Waals surface area contributed by atoms with E-state index in [1.807, 2.05) is 0 Å². The van der Waals surface area contributed by atoms with Gasteiger partial charge in [-0.3, -0.25) is 4.79 Å². The van der Waals surface area contributed by atoms with E-state index in [4.69, 9.17) is 14.0 Å². The molecule has 0 saturated carbocycles. The molecular formula is C17H19FN2O4. The Labute approximate surface area is 138 Å². The minimum atomic E-state index is -0.360. The van der Waals surface area contributed by atoms with Crippen molar-refractivity contribution in [2.24, 2.45) is 0 Å². The van der Waals surface area contributed by atoms with Crippen LogP contribution < -0.4 is 10.1 Å². The third-order valence-electron chi connectivity index (χ3n) is 3.73. The monoisotopic (exact) mass is 334 g/mol. The summed E-state index contributed by atoms with van der Waals surface area (Å²) in [6, 6.07) is 7.37. The van der Waals surface area contributed by atoms with Crippen LogP contribution in [0.15, 0.2) is 34.9 Å². The average Bonchev–Trinajstić information content (AvgIpc) is 2.94. The Kier molecular flexibility index (Phi) is 5.10. The van der Waals surface area contributed by atoms with E-state index in [2.05, 4.69) is 10.5 Å². The maximum atomic E-state index is 13.3. The topological polar surface area (TPSA) is 73.6 Å². The van der Waals surface area contributed by atoms with Gasteiger partial charge in [0.1, 0.15) is 23.4 Å². The van der Waals surface area contributed by atoms with Crippen molar-refractivity contribution in [1.29, 1.82) is 0 Å². The average molecular weight is 334 g/mol. The van der Waals surface area contributed by atoms with Crippen LogP contribution in [0.1, 0.15) is 17.9 Å². The highest BCUT2D eigenvalue weighted by Crippen LogP contribution is 2.19. The van der Waals surface area contributed by atoms with Crippen molar-refractivity contribution < 1.29 is 23.2 Å². The summed E-state index contributed by atoms with van der Waals surface area (Å²) in [7, 11) is 0. The molecule has 1 aliphatic heterocycles. The lowest BCUT2D eigenvalue weighted by Crippen LogP contribution is -2.52. The van der Waals surface area contributed by atoms with Gasteiger partial charge >= 0.3 is 0 Å². The maximum absolute atomic E-state index is 13.3. The molecule has 1 fully saturated rings. The first-order valence-corrected chi connectivity index (χ1v) is 7.81. The maximum Gasteiger partial charge on any atom is 0.228 e. The van der Waals surface area contributed by atoms with Crippen LogP contribution in [0.3, 0.4) is 0 Å². The third-order valence-corrected chi connectivity index (χ3v) is 3.73. The highest BCUT2D eigenvalue weighted by atomic mass is 19.1. The molecule has 0 spiro atoms.